The molecule has 0 saturated carbocycles. The Labute approximate surface area is 128 Å². The minimum atomic E-state index is -0.349. The van der Waals surface area contributed by atoms with Crippen molar-refractivity contribution in [2.45, 2.75) is 46.6 Å². The van der Waals surface area contributed by atoms with E-state index >= 15 is 0 Å². The van der Waals surface area contributed by atoms with Gasteiger partial charge in [-0.1, -0.05) is 55.8 Å². The maximum Gasteiger partial charge on any atom is 0.223 e. The number of carbonyl (C=O) groups is 1. The molecular weight excluding hydrogens is 262 g/mol. The molecule has 1 atom stereocenters. The number of rotatable bonds is 7. The third-order valence-corrected chi connectivity index (χ3v) is 3.30. The predicted octanol–water partition coefficient (Wildman–Crippen LogP) is 3.31. The first-order valence-electron chi connectivity index (χ1n) is 7.46. The standard InChI is InChI=1S/C18H27NO2/c1-14-8-10-16(11-9-14)6-5-7-17(21)19-13-18(3,4)12-15(2)20/h5-6,8-11,15,20H,7,12-13H2,1-4H3,(H,19,21). The van der Waals surface area contributed by atoms with Gasteiger partial charge in [-0.25, -0.2) is 0 Å². The Morgan fingerprint density at radius 1 is 1.33 bits per heavy atom. The molecule has 2 N–H and O–H groups in total. The Hall–Kier alpha value is -1.61. The van der Waals surface area contributed by atoms with E-state index in [4.69, 9.17) is 0 Å². The highest BCUT2D eigenvalue weighted by Gasteiger charge is 2.20. The molecule has 0 aromatic heterocycles. The average Bonchev–Trinajstić information content (AvgIpc) is 2.37. The molecule has 0 aliphatic heterocycles. The summed E-state index contributed by atoms with van der Waals surface area (Å²) in [4.78, 5) is 11.8. The second-order valence-corrected chi connectivity index (χ2v) is 6.51. The van der Waals surface area contributed by atoms with Gasteiger partial charge in [0.25, 0.3) is 0 Å². The molecular formula is C18H27NO2. The lowest BCUT2D eigenvalue weighted by molar-refractivity contribution is -0.120. The van der Waals surface area contributed by atoms with Crippen molar-refractivity contribution in [3.63, 3.8) is 0 Å². The van der Waals surface area contributed by atoms with Crippen LogP contribution < -0.4 is 5.32 Å². The van der Waals surface area contributed by atoms with Crippen LogP contribution in [0.5, 0.6) is 0 Å². The maximum absolute atomic E-state index is 11.8. The number of benzene rings is 1. The molecule has 1 aromatic carbocycles. The minimum Gasteiger partial charge on any atom is -0.393 e. The lowest BCUT2D eigenvalue weighted by Gasteiger charge is -2.26. The van der Waals surface area contributed by atoms with E-state index in [2.05, 4.69) is 24.4 Å². The van der Waals surface area contributed by atoms with Gasteiger partial charge in [-0.2, -0.15) is 0 Å². The van der Waals surface area contributed by atoms with Crippen LogP contribution in [0.2, 0.25) is 0 Å². The number of carbonyl (C=O) groups excluding carboxylic acids is 1. The van der Waals surface area contributed by atoms with Crippen LogP contribution in [0.15, 0.2) is 30.3 Å². The molecule has 0 aliphatic carbocycles. The summed E-state index contributed by atoms with van der Waals surface area (Å²) >= 11 is 0. The number of nitrogens with one attached hydrogen (secondary N) is 1. The third-order valence-electron chi connectivity index (χ3n) is 3.30. The van der Waals surface area contributed by atoms with Gasteiger partial charge >= 0.3 is 0 Å². The van der Waals surface area contributed by atoms with Crippen molar-refractivity contribution in [3.8, 4) is 0 Å². The van der Waals surface area contributed by atoms with Crippen molar-refractivity contribution < 1.29 is 9.90 Å². The van der Waals surface area contributed by atoms with Gasteiger partial charge in [0, 0.05) is 13.0 Å². The Balaban J connectivity index is 2.35. The lowest BCUT2D eigenvalue weighted by atomic mass is 9.87. The monoisotopic (exact) mass is 289 g/mol. The van der Waals surface area contributed by atoms with Crippen LogP contribution in [-0.4, -0.2) is 23.7 Å². The Bertz CT molecular complexity index is 472. The van der Waals surface area contributed by atoms with Gasteiger partial charge in [-0.05, 0) is 31.2 Å². The second-order valence-electron chi connectivity index (χ2n) is 6.51. The molecule has 0 fully saturated rings. The van der Waals surface area contributed by atoms with E-state index in [-0.39, 0.29) is 17.4 Å². The van der Waals surface area contributed by atoms with Gasteiger partial charge in [-0.3, -0.25) is 4.79 Å². The largest absolute Gasteiger partial charge is 0.393 e. The normalized spacial score (nSPS) is 13.4. The van der Waals surface area contributed by atoms with Crippen molar-refractivity contribution in [3.05, 3.63) is 41.5 Å². The molecule has 0 bridgehead atoms. The lowest BCUT2D eigenvalue weighted by Crippen LogP contribution is -2.35. The van der Waals surface area contributed by atoms with Crippen molar-refractivity contribution in [1.82, 2.24) is 5.32 Å². The molecule has 1 unspecified atom stereocenters. The van der Waals surface area contributed by atoms with Crippen molar-refractivity contribution in [2.24, 2.45) is 5.41 Å². The zero-order chi connectivity index (χ0) is 15.9. The van der Waals surface area contributed by atoms with Gasteiger partial charge in [0.05, 0.1) is 6.10 Å². The molecule has 0 radical (unpaired) electrons. The summed E-state index contributed by atoms with van der Waals surface area (Å²) in [5, 5.41) is 12.3. The topological polar surface area (TPSA) is 49.3 Å². The molecule has 1 aromatic rings. The number of amides is 1. The fourth-order valence-electron chi connectivity index (χ4n) is 2.26. The number of aliphatic hydroxyl groups excluding tert-OH is 1. The molecule has 0 spiro atoms. The van der Waals surface area contributed by atoms with Crippen LogP contribution in [0.1, 0.15) is 44.7 Å². The first-order valence-corrected chi connectivity index (χ1v) is 7.46. The van der Waals surface area contributed by atoms with E-state index < -0.39 is 0 Å². The van der Waals surface area contributed by atoms with E-state index in [0.29, 0.717) is 19.4 Å². The predicted molar refractivity (Wildman–Crippen MR) is 87.9 cm³/mol. The zero-order valence-electron chi connectivity index (χ0n) is 13.5. The van der Waals surface area contributed by atoms with Gasteiger partial charge in [0.15, 0.2) is 0 Å². The highest BCUT2D eigenvalue weighted by Crippen LogP contribution is 2.21. The maximum atomic E-state index is 11.8. The summed E-state index contributed by atoms with van der Waals surface area (Å²) in [6, 6.07) is 8.18. The molecule has 116 valence electrons. The number of aryl methyl sites for hydroxylation is 1. The molecule has 0 saturated heterocycles. The Morgan fingerprint density at radius 2 is 1.95 bits per heavy atom. The van der Waals surface area contributed by atoms with Crippen LogP contribution in [0.4, 0.5) is 0 Å². The smallest absolute Gasteiger partial charge is 0.223 e. The van der Waals surface area contributed by atoms with E-state index in [0.717, 1.165) is 5.56 Å². The molecule has 0 aliphatic rings. The summed E-state index contributed by atoms with van der Waals surface area (Å²) in [6.07, 6.45) is 4.53. The summed E-state index contributed by atoms with van der Waals surface area (Å²) < 4.78 is 0. The molecule has 1 rings (SSSR count). The van der Waals surface area contributed by atoms with E-state index in [1.165, 1.54) is 5.56 Å². The van der Waals surface area contributed by atoms with Gasteiger partial charge in [-0.15, -0.1) is 0 Å². The summed E-state index contributed by atoms with van der Waals surface area (Å²) in [5.41, 5.74) is 2.23. The van der Waals surface area contributed by atoms with Crippen molar-refractivity contribution in [2.75, 3.05) is 6.54 Å². The van der Waals surface area contributed by atoms with Crippen molar-refractivity contribution >= 4 is 12.0 Å². The molecule has 0 heterocycles. The first kappa shape index (κ1) is 17.4. The van der Waals surface area contributed by atoms with Crippen LogP contribution in [0, 0.1) is 12.3 Å². The molecule has 3 heteroatoms. The SMILES string of the molecule is Cc1ccc(C=CCC(=O)NCC(C)(C)CC(C)O)cc1. The number of hydrogen-bond acceptors (Lipinski definition) is 2. The highest BCUT2D eigenvalue weighted by atomic mass is 16.3. The summed E-state index contributed by atoms with van der Waals surface area (Å²) in [6.45, 7) is 8.49. The fraction of sp³-hybridized carbons (Fsp3) is 0.500. The zero-order valence-corrected chi connectivity index (χ0v) is 13.5. The molecule has 3 nitrogen and oxygen atoms in total. The molecule has 21 heavy (non-hydrogen) atoms. The van der Waals surface area contributed by atoms with E-state index in [9.17, 15) is 9.90 Å². The minimum absolute atomic E-state index is 0.0111. The van der Waals surface area contributed by atoms with E-state index in [1.807, 2.05) is 38.1 Å². The highest BCUT2D eigenvalue weighted by molar-refractivity contribution is 5.78. The third kappa shape index (κ3) is 7.66. The Morgan fingerprint density at radius 3 is 2.52 bits per heavy atom. The van der Waals surface area contributed by atoms with Gasteiger partial charge in [0.2, 0.25) is 5.91 Å². The number of aliphatic hydroxyl groups is 1. The molecule has 1 amide bonds. The van der Waals surface area contributed by atoms with Crippen LogP contribution in [0.25, 0.3) is 6.08 Å². The van der Waals surface area contributed by atoms with Crippen LogP contribution >= 0.6 is 0 Å². The van der Waals surface area contributed by atoms with Crippen molar-refractivity contribution in [1.29, 1.82) is 0 Å². The van der Waals surface area contributed by atoms with Gasteiger partial charge in [0.1, 0.15) is 0 Å². The van der Waals surface area contributed by atoms with Gasteiger partial charge < -0.3 is 10.4 Å². The fourth-order valence-corrected chi connectivity index (χ4v) is 2.26. The summed E-state index contributed by atoms with van der Waals surface area (Å²) in [5.74, 6) is 0.0111. The van der Waals surface area contributed by atoms with E-state index in [1.54, 1.807) is 6.92 Å². The second kappa shape index (κ2) is 7.99. The quantitative estimate of drug-likeness (QED) is 0.809. The first-order chi connectivity index (χ1) is 9.78. The average molecular weight is 289 g/mol. The van der Waals surface area contributed by atoms with Crippen LogP contribution in [-0.2, 0) is 4.79 Å². The number of hydrogen-bond donors (Lipinski definition) is 2. The van der Waals surface area contributed by atoms with Crippen LogP contribution in [0.3, 0.4) is 0 Å². The summed E-state index contributed by atoms with van der Waals surface area (Å²) in [7, 11) is 0. The Kier molecular flexibility index (Phi) is 6.63.